The molecule has 1 N–H and O–H groups in total. The van der Waals surface area contributed by atoms with Gasteiger partial charge in [-0.2, -0.15) is 0 Å². The number of halogens is 1. The molecule has 2 aromatic carbocycles. The third kappa shape index (κ3) is 4.10. The highest BCUT2D eigenvalue weighted by Crippen LogP contribution is 2.36. The standard InChI is InChI=1S/C19H13ClN2O3.C2H6.CH4/c1-24-19(23)16-9-14-15(22-16)7-12(20)8-18(14)25-17-4-2-3-11-10-21-6-5-13(11)17;1-2;/h2-10,22H,1H3;1-2H3;1H4. The van der Waals surface area contributed by atoms with E-state index in [1.54, 1.807) is 30.6 Å². The quantitative estimate of drug-likeness (QED) is 0.394. The van der Waals surface area contributed by atoms with E-state index in [1.165, 1.54) is 7.11 Å². The second-order valence-corrected chi connectivity index (χ2v) is 5.93. The normalized spacial score (nSPS) is 10.0. The lowest BCUT2D eigenvalue weighted by Gasteiger charge is -2.10. The zero-order valence-electron chi connectivity index (χ0n) is 15.2. The maximum Gasteiger partial charge on any atom is 0.354 e. The van der Waals surface area contributed by atoms with Crippen molar-refractivity contribution in [3.05, 3.63) is 65.6 Å². The maximum atomic E-state index is 11.8. The molecule has 0 aliphatic rings. The van der Waals surface area contributed by atoms with Gasteiger partial charge in [-0.25, -0.2) is 4.79 Å². The van der Waals surface area contributed by atoms with E-state index in [1.807, 2.05) is 38.1 Å². The average molecular weight is 399 g/mol. The lowest BCUT2D eigenvalue weighted by Crippen LogP contribution is -2.00. The predicted octanol–water partition coefficient (Wildman–Crippen LogP) is 6.61. The molecule has 2 aromatic heterocycles. The van der Waals surface area contributed by atoms with Crippen LogP contribution in [0.5, 0.6) is 11.5 Å². The summed E-state index contributed by atoms with van der Waals surface area (Å²) >= 11 is 6.20. The van der Waals surface area contributed by atoms with Crippen LogP contribution in [-0.4, -0.2) is 23.0 Å². The number of carbonyl (C=O) groups excluding carboxylic acids is 1. The number of hydrogen-bond donors (Lipinski definition) is 1. The first-order valence-electron chi connectivity index (χ1n) is 8.57. The molecule has 0 saturated carbocycles. The van der Waals surface area contributed by atoms with Gasteiger partial charge in [0.05, 0.1) is 12.6 Å². The second-order valence-electron chi connectivity index (χ2n) is 5.49. The first-order valence-corrected chi connectivity index (χ1v) is 8.94. The highest BCUT2D eigenvalue weighted by atomic mass is 35.5. The number of aromatic nitrogens is 2. The first-order chi connectivity index (χ1) is 13.2. The molecule has 0 bridgehead atoms. The van der Waals surface area contributed by atoms with Crippen LogP contribution in [0.1, 0.15) is 31.8 Å². The van der Waals surface area contributed by atoms with Crippen LogP contribution < -0.4 is 4.74 Å². The van der Waals surface area contributed by atoms with E-state index in [0.29, 0.717) is 27.7 Å². The minimum absolute atomic E-state index is 0. The molecule has 0 atom stereocenters. The predicted molar refractivity (Wildman–Crippen MR) is 115 cm³/mol. The maximum absolute atomic E-state index is 11.8. The number of nitrogens with zero attached hydrogens (tertiary/aromatic N) is 1. The molecule has 146 valence electrons. The Morgan fingerprint density at radius 2 is 1.86 bits per heavy atom. The Labute approximate surface area is 169 Å². The number of H-pyrrole nitrogens is 1. The van der Waals surface area contributed by atoms with Crippen molar-refractivity contribution < 1.29 is 14.3 Å². The van der Waals surface area contributed by atoms with Gasteiger partial charge >= 0.3 is 5.97 Å². The molecule has 4 rings (SSSR count). The topological polar surface area (TPSA) is 64.2 Å². The Morgan fingerprint density at radius 3 is 2.61 bits per heavy atom. The molecule has 0 saturated heterocycles. The van der Waals surface area contributed by atoms with E-state index in [9.17, 15) is 4.79 Å². The number of esters is 1. The summed E-state index contributed by atoms with van der Waals surface area (Å²) < 4.78 is 10.9. The Morgan fingerprint density at radius 1 is 1.07 bits per heavy atom. The van der Waals surface area contributed by atoms with E-state index >= 15 is 0 Å². The van der Waals surface area contributed by atoms with Gasteiger partial charge in [0.2, 0.25) is 0 Å². The van der Waals surface area contributed by atoms with E-state index in [-0.39, 0.29) is 7.43 Å². The summed E-state index contributed by atoms with van der Waals surface area (Å²) in [6.07, 6.45) is 3.50. The molecule has 2 heterocycles. The summed E-state index contributed by atoms with van der Waals surface area (Å²) in [5.74, 6) is 0.789. The molecule has 0 amide bonds. The van der Waals surface area contributed by atoms with Crippen LogP contribution in [0.4, 0.5) is 0 Å². The van der Waals surface area contributed by atoms with Crippen molar-refractivity contribution in [3.8, 4) is 11.5 Å². The summed E-state index contributed by atoms with van der Waals surface area (Å²) in [4.78, 5) is 18.9. The van der Waals surface area contributed by atoms with Gasteiger partial charge in [0.15, 0.2) is 0 Å². The van der Waals surface area contributed by atoms with Crippen LogP contribution in [0.3, 0.4) is 0 Å². The molecule has 0 aliphatic carbocycles. The van der Waals surface area contributed by atoms with Gasteiger partial charge in [-0.1, -0.05) is 45.0 Å². The lowest BCUT2D eigenvalue weighted by atomic mass is 10.1. The van der Waals surface area contributed by atoms with Crippen molar-refractivity contribution >= 4 is 39.2 Å². The summed E-state index contributed by atoms with van der Waals surface area (Å²) in [6.45, 7) is 4.00. The molecule has 28 heavy (non-hydrogen) atoms. The molecule has 0 radical (unpaired) electrons. The van der Waals surface area contributed by atoms with E-state index in [2.05, 4.69) is 9.97 Å². The third-order valence-electron chi connectivity index (χ3n) is 3.93. The van der Waals surface area contributed by atoms with Gasteiger partial charge < -0.3 is 14.5 Å². The number of benzene rings is 2. The first kappa shape index (κ1) is 21.3. The molecule has 0 spiro atoms. The Hall–Kier alpha value is -3.05. The summed E-state index contributed by atoms with van der Waals surface area (Å²) in [6, 6.07) is 12.8. The number of rotatable bonds is 3. The fraction of sp³-hybridized carbons (Fsp3) is 0.182. The number of nitrogens with one attached hydrogen (secondary N) is 1. The van der Waals surface area contributed by atoms with Crippen LogP contribution in [0, 0.1) is 0 Å². The van der Waals surface area contributed by atoms with Crippen LogP contribution in [0.25, 0.3) is 21.7 Å². The molecule has 0 unspecified atom stereocenters. The molecule has 0 aliphatic heterocycles. The fourth-order valence-electron chi connectivity index (χ4n) is 2.78. The number of carbonyl (C=O) groups is 1. The number of ether oxygens (including phenoxy) is 2. The Bertz CT molecular complexity index is 1100. The summed E-state index contributed by atoms with van der Waals surface area (Å²) in [5, 5.41) is 3.16. The van der Waals surface area contributed by atoms with Gasteiger partial charge in [-0.15, -0.1) is 0 Å². The van der Waals surface area contributed by atoms with Crippen LogP contribution in [-0.2, 0) is 4.74 Å². The van der Waals surface area contributed by atoms with Gasteiger partial charge in [-0.05, 0) is 24.3 Å². The molecule has 4 aromatic rings. The van der Waals surface area contributed by atoms with E-state index in [4.69, 9.17) is 21.1 Å². The zero-order valence-corrected chi connectivity index (χ0v) is 16.0. The number of aromatic amines is 1. The van der Waals surface area contributed by atoms with Crippen molar-refractivity contribution in [2.75, 3.05) is 7.11 Å². The van der Waals surface area contributed by atoms with Crippen LogP contribution in [0.2, 0.25) is 5.02 Å². The second kappa shape index (κ2) is 9.24. The highest BCUT2D eigenvalue weighted by Gasteiger charge is 2.15. The Balaban J connectivity index is 0.000000906. The number of hydrogen-bond acceptors (Lipinski definition) is 4. The third-order valence-corrected chi connectivity index (χ3v) is 4.15. The smallest absolute Gasteiger partial charge is 0.354 e. The van der Waals surface area contributed by atoms with Crippen LogP contribution >= 0.6 is 11.6 Å². The minimum Gasteiger partial charge on any atom is -0.464 e. The van der Waals surface area contributed by atoms with Crippen molar-refractivity contribution in [3.63, 3.8) is 0 Å². The lowest BCUT2D eigenvalue weighted by molar-refractivity contribution is 0.0595. The van der Waals surface area contributed by atoms with Gasteiger partial charge in [-0.3, -0.25) is 4.98 Å². The largest absolute Gasteiger partial charge is 0.464 e. The van der Waals surface area contributed by atoms with Gasteiger partial charge in [0, 0.05) is 39.6 Å². The molecule has 6 heteroatoms. The fourth-order valence-corrected chi connectivity index (χ4v) is 2.98. The SMILES string of the molecule is C.CC.COC(=O)c1cc2c(Oc3cccc4cnccc34)cc(Cl)cc2[nH]1. The highest BCUT2D eigenvalue weighted by molar-refractivity contribution is 6.31. The molecule has 0 fully saturated rings. The van der Waals surface area contributed by atoms with Crippen molar-refractivity contribution in [2.45, 2.75) is 21.3 Å². The van der Waals surface area contributed by atoms with E-state index < -0.39 is 5.97 Å². The molecule has 5 nitrogen and oxygen atoms in total. The monoisotopic (exact) mass is 398 g/mol. The number of methoxy groups -OCH3 is 1. The average Bonchev–Trinajstić information content (AvgIpc) is 3.13. The summed E-state index contributed by atoms with van der Waals surface area (Å²) in [7, 11) is 1.34. The zero-order chi connectivity index (χ0) is 19.4. The number of pyridine rings is 1. The number of fused-ring (bicyclic) bond motifs is 2. The molecular weight excluding hydrogens is 376 g/mol. The van der Waals surface area contributed by atoms with Crippen LogP contribution in [0.15, 0.2) is 54.9 Å². The minimum atomic E-state index is -0.450. The Kier molecular flexibility index (Phi) is 7.01. The van der Waals surface area contributed by atoms with Crippen molar-refractivity contribution in [2.24, 2.45) is 0 Å². The van der Waals surface area contributed by atoms with Crippen molar-refractivity contribution in [1.29, 1.82) is 0 Å². The molecular formula is C22H23ClN2O3. The van der Waals surface area contributed by atoms with Crippen molar-refractivity contribution in [1.82, 2.24) is 9.97 Å². The van der Waals surface area contributed by atoms with Gasteiger partial charge in [0.1, 0.15) is 17.2 Å². The van der Waals surface area contributed by atoms with E-state index in [0.717, 1.165) is 16.2 Å². The summed E-state index contributed by atoms with van der Waals surface area (Å²) in [5.41, 5.74) is 1.04. The van der Waals surface area contributed by atoms with Gasteiger partial charge in [0.25, 0.3) is 0 Å².